The fourth-order valence-corrected chi connectivity index (χ4v) is 1.12. The number of rotatable bonds is 5. The third kappa shape index (κ3) is 3.23. The van der Waals surface area contributed by atoms with Crippen molar-refractivity contribution in [3.05, 3.63) is 11.9 Å². The smallest absolute Gasteiger partial charge is 0.275 e. The number of aromatic nitrogens is 3. The van der Waals surface area contributed by atoms with E-state index < -0.39 is 18.9 Å². The molecule has 0 aromatic carbocycles. The summed E-state index contributed by atoms with van der Waals surface area (Å²) in [4.78, 5) is 12.4. The number of nitrogens with two attached hydrogens (primary N) is 1. The van der Waals surface area contributed by atoms with Gasteiger partial charge in [-0.15, -0.1) is 5.10 Å². The first kappa shape index (κ1) is 12.5. The van der Waals surface area contributed by atoms with E-state index in [-0.39, 0.29) is 5.69 Å². The molecule has 0 unspecified atom stereocenters. The van der Waals surface area contributed by atoms with Crippen LogP contribution >= 0.6 is 0 Å². The van der Waals surface area contributed by atoms with Crippen LogP contribution < -0.4 is 5.73 Å². The van der Waals surface area contributed by atoms with E-state index in [0.717, 1.165) is 4.90 Å². The molecule has 0 bridgehead atoms. The van der Waals surface area contributed by atoms with Gasteiger partial charge in [-0.3, -0.25) is 9.48 Å². The Hall–Kier alpha value is -1.57. The SMILES string of the molecule is CN(CC(F)F)C(=O)c1cn(CCN)nn1. The number of carbonyl (C=O) groups excluding carboxylic acids is 1. The van der Waals surface area contributed by atoms with E-state index in [1.54, 1.807) is 0 Å². The number of hydrogen-bond acceptors (Lipinski definition) is 4. The van der Waals surface area contributed by atoms with Crippen molar-refractivity contribution in [3.8, 4) is 0 Å². The van der Waals surface area contributed by atoms with Gasteiger partial charge in [0.05, 0.1) is 19.3 Å². The van der Waals surface area contributed by atoms with Crippen molar-refractivity contribution in [2.45, 2.75) is 13.0 Å². The van der Waals surface area contributed by atoms with Gasteiger partial charge in [0.15, 0.2) is 5.69 Å². The van der Waals surface area contributed by atoms with Gasteiger partial charge < -0.3 is 10.6 Å². The van der Waals surface area contributed by atoms with Crippen molar-refractivity contribution in [1.29, 1.82) is 0 Å². The molecule has 2 N–H and O–H groups in total. The molecule has 0 atom stereocenters. The molecule has 0 fully saturated rings. The van der Waals surface area contributed by atoms with E-state index >= 15 is 0 Å². The molecule has 0 aliphatic carbocycles. The quantitative estimate of drug-likeness (QED) is 0.749. The second-order valence-corrected chi connectivity index (χ2v) is 3.23. The van der Waals surface area contributed by atoms with Gasteiger partial charge in [0.2, 0.25) is 0 Å². The molecule has 0 saturated heterocycles. The minimum atomic E-state index is -2.56. The van der Waals surface area contributed by atoms with E-state index in [2.05, 4.69) is 10.3 Å². The average molecular weight is 233 g/mol. The highest BCUT2D eigenvalue weighted by molar-refractivity contribution is 5.91. The number of hydrogen-bond donors (Lipinski definition) is 1. The van der Waals surface area contributed by atoms with Gasteiger partial charge >= 0.3 is 0 Å². The molecule has 1 aromatic rings. The van der Waals surface area contributed by atoms with Crippen molar-refractivity contribution < 1.29 is 13.6 Å². The van der Waals surface area contributed by atoms with Crippen molar-refractivity contribution in [1.82, 2.24) is 19.9 Å². The van der Waals surface area contributed by atoms with Crippen molar-refractivity contribution in [2.75, 3.05) is 20.1 Å². The maximum Gasteiger partial charge on any atom is 0.275 e. The van der Waals surface area contributed by atoms with Crippen LogP contribution in [0.5, 0.6) is 0 Å². The lowest BCUT2D eigenvalue weighted by molar-refractivity contribution is 0.0615. The van der Waals surface area contributed by atoms with E-state index in [9.17, 15) is 13.6 Å². The highest BCUT2D eigenvalue weighted by atomic mass is 19.3. The molecule has 16 heavy (non-hydrogen) atoms. The Labute approximate surface area is 91.0 Å². The summed E-state index contributed by atoms with van der Waals surface area (Å²) < 4.78 is 25.5. The lowest BCUT2D eigenvalue weighted by Gasteiger charge is -2.14. The summed E-state index contributed by atoms with van der Waals surface area (Å²) in [5.41, 5.74) is 5.33. The second-order valence-electron chi connectivity index (χ2n) is 3.23. The molecule has 0 radical (unpaired) electrons. The summed E-state index contributed by atoms with van der Waals surface area (Å²) in [5.74, 6) is -0.580. The van der Waals surface area contributed by atoms with Gasteiger partial charge in [0.25, 0.3) is 12.3 Å². The Kier molecular flexibility index (Phi) is 4.29. The lowest BCUT2D eigenvalue weighted by atomic mass is 10.4. The summed E-state index contributed by atoms with van der Waals surface area (Å²) in [6, 6.07) is 0. The maximum absolute atomic E-state index is 12.0. The molecule has 0 spiro atoms. The van der Waals surface area contributed by atoms with Crippen molar-refractivity contribution in [3.63, 3.8) is 0 Å². The molecular weight excluding hydrogens is 220 g/mol. The van der Waals surface area contributed by atoms with Crippen LogP contribution in [0.4, 0.5) is 8.78 Å². The predicted molar refractivity (Wildman–Crippen MR) is 52.0 cm³/mol. The lowest BCUT2D eigenvalue weighted by Crippen LogP contribution is -2.31. The van der Waals surface area contributed by atoms with Gasteiger partial charge in [0, 0.05) is 13.6 Å². The molecule has 0 aliphatic heterocycles. The predicted octanol–water partition coefficient (Wildman–Crippen LogP) is -0.426. The summed E-state index contributed by atoms with van der Waals surface area (Å²) in [6.45, 7) is 0.172. The zero-order chi connectivity index (χ0) is 12.1. The third-order valence-electron chi connectivity index (χ3n) is 1.87. The fraction of sp³-hybridized carbons (Fsp3) is 0.625. The summed E-state index contributed by atoms with van der Waals surface area (Å²) in [5, 5.41) is 7.22. The molecule has 1 rings (SSSR count). The summed E-state index contributed by atoms with van der Waals surface area (Å²) >= 11 is 0. The molecule has 1 amide bonds. The minimum Gasteiger partial charge on any atom is -0.335 e. The number of alkyl halides is 2. The fourth-order valence-electron chi connectivity index (χ4n) is 1.12. The van der Waals surface area contributed by atoms with Crippen LogP contribution in [0.3, 0.4) is 0 Å². The first-order valence-electron chi connectivity index (χ1n) is 4.68. The Morgan fingerprint density at radius 1 is 1.69 bits per heavy atom. The van der Waals surface area contributed by atoms with Crippen LogP contribution in [-0.2, 0) is 6.54 Å². The number of nitrogens with zero attached hydrogens (tertiary/aromatic N) is 4. The first-order chi connectivity index (χ1) is 7.54. The van der Waals surface area contributed by atoms with Gasteiger partial charge in [0.1, 0.15) is 0 Å². The zero-order valence-corrected chi connectivity index (χ0v) is 8.81. The van der Waals surface area contributed by atoms with Crippen molar-refractivity contribution in [2.24, 2.45) is 5.73 Å². The molecule has 0 saturated carbocycles. The minimum absolute atomic E-state index is 0.0385. The maximum atomic E-state index is 12.0. The Morgan fingerprint density at radius 2 is 2.38 bits per heavy atom. The van der Waals surface area contributed by atoms with Crippen LogP contribution in [0.15, 0.2) is 6.20 Å². The molecule has 6 nitrogen and oxygen atoms in total. The van der Waals surface area contributed by atoms with Gasteiger partial charge in [-0.05, 0) is 0 Å². The Balaban J connectivity index is 2.64. The highest BCUT2D eigenvalue weighted by Gasteiger charge is 2.18. The van der Waals surface area contributed by atoms with E-state index in [1.807, 2.05) is 0 Å². The number of carbonyl (C=O) groups is 1. The molecule has 0 aliphatic rings. The van der Waals surface area contributed by atoms with Gasteiger partial charge in [-0.25, -0.2) is 8.78 Å². The molecular formula is C8H13F2N5O. The van der Waals surface area contributed by atoms with Gasteiger partial charge in [-0.2, -0.15) is 0 Å². The summed E-state index contributed by atoms with van der Waals surface area (Å²) in [6.07, 6.45) is -1.18. The zero-order valence-electron chi connectivity index (χ0n) is 8.81. The second kappa shape index (κ2) is 5.50. The van der Waals surface area contributed by atoms with E-state index in [1.165, 1.54) is 17.9 Å². The van der Waals surface area contributed by atoms with Crippen molar-refractivity contribution >= 4 is 5.91 Å². The molecule has 1 heterocycles. The standard InChI is InChI=1S/C8H13F2N5O/c1-14(5-7(9)10)8(16)6-4-15(3-2-11)13-12-6/h4,7H,2-3,5,11H2,1H3. The summed E-state index contributed by atoms with van der Waals surface area (Å²) in [7, 11) is 1.29. The van der Waals surface area contributed by atoms with Crippen LogP contribution in [-0.4, -0.2) is 52.4 Å². The number of amides is 1. The van der Waals surface area contributed by atoms with Gasteiger partial charge in [-0.1, -0.05) is 5.21 Å². The van der Waals surface area contributed by atoms with Crippen LogP contribution in [0, 0.1) is 0 Å². The molecule has 1 aromatic heterocycles. The van der Waals surface area contributed by atoms with Crippen LogP contribution in [0.2, 0.25) is 0 Å². The first-order valence-corrected chi connectivity index (χ1v) is 4.68. The Morgan fingerprint density at radius 3 is 2.94 bits per heavy atom. The largest absolute Gasteiger partial charge is 0.335 e. The Bertz CT molecular complexity index is 354. The highest BCUT2D eigenvalue weighted by Crippen LogP contribution is 2.02. The monoisotopic (exact) mass is 233 g/mol. The average Bonchev–Trinajstić information content (AvgIpc) is 2.64. The third-order valence-corrected chi connectivity index (χ3v) is 1.87. The topological polar surface area (TPSA) is 77.0 Å². The van der Waals surface area contributed by atoms with Crippen LogP contribution in [0.1, 0.15) is 10.5 Å². The normalized spacial score (nSPS) is 10.8. The molecule has 8 heteroatoms. The molecule has 90 valence electrons. The van der Waals surface area contributed by atoms with Crippen LogP contribution in [0.25, 0.3) is 0 Å². The van der Waals surface area contributed by atoms with E-state index in [0.29, 0.717) is 13.1 Å². The van der Waals surface area contributed by atoms with E-state index in [4.69, 9.17) is 5.73 Å². The number of halogens is 2.